The van der Waals surface area contributed by atoms with Crippen LogP contribution in [0, 0.1) is 12.3 Å². The summed E-state index contributed by atoms with van der Waals surface area (Å²) in [6.07, 6.45) is 5.40. The third kappa shape index (κ3) is 4.39. The van der Waals surface area contributed by atoms with E-state index in [0.717, 1.165) is 5.56 Å². The van der Waals surface area contributed by atoms with Gasteiger partial charge in [-0.2, -0.15) is 0 Å². The summed E-state index contributed by atoms with van der Waals surface area (Å²) in [4.78, 5) is 22.6. The molecule has 0 spiro atoms. The first-order chi connectivity index (χ1) is 8.13. The van der Waals surface area contributed by atoms with Crippen molar-refractivity contribution in [2.75, 3.05) is 0 Å². The van der Waals surface area contributed by atoms with Gasteiger partial charge in [0, 0.05) is 6.42 Å². The van der Waals surface area contributed by atoms with Crippen molar-refractivity contribution in [1.82, 2.24) is 5.32 Å². The first-order valence-corrected chi connectivity index (χ1v) is 5.19. The van der Waals surface area contributed by atoms with Crippen LogP contribution in [0.15, 0.2) is 30.3 Å². The zero-order valence-electron chi connectivity index (χ0n) is 9.35. The summed E-state index contributed by atoms with van der Waals surface area (Å²) >= 11 is 0. The Bertz CT molecular complexity index is 434. The lowest BCUT2D eigenvalue weighted by Crippen LogP contribution is -2.44. The van der Waals surface area contributed by atoms with Crippen molar-refractivity contribution in [3.05, 3.63) is 35.9 Å². The van der Waals surface area contributed by atoms with Crippen molar-refractivity contribution < 1.29 is 9.59 Å². The molecule has 3 N–H and O–H groups in total. The van der Waals surface area contributed by atoms with Crippen LogP contribution < -0.4 is 11.1 Å². The number of benzene rings is 1. The summed E-state index contributed by atoms with van der Waals surface area (Å²) in [6, 6.07) is 8.42. The molecule has 0 aliphatic carbocycles. The maximum Gasteiger partial charge on any atom is 0.240 e. The molecule has 4 nitrogen and oxygen atoms in total. The Morgan fingerprint density at radius 1 is 1.35 bits per heavy atom. The Kier molecular flexibility index (Phi) is 4.77. The highest BCUT2D eigenvalue weighted by Crippen LogP contribution is 2.00. The monoisotopic (exact) mass is 230 g/mol. The molecular weight excluding hydrogens is 216 g/mol. The second-order valence-corrected chi connectivity index (χ2v) is 3.59. The molecular formula is C13H14N2O2. The average Bonchev–Trinajstić information content (AvgIpc) is 2.29. The van der Waals surface area contributed by atoms with Gasteiger partial charge in [-0.1, -0.05) is 30.3 Å². The van der Waals surface area contributed by atoms with Crippen LogP contribution in [0.2, 0.25) is 0 Å². The van der Waals surface area contributed by atoms with E-state index >= 15 is 0 Å². The van der Waals surface area contributed by atoms with E-state index in [9.17, 15) is 9.59 Å². The molecule has 0 unspecified atom stereocenters. The molecule has 17 heavy (non-hydrogen) atoms. The molecule has 1 aromatic carbocycles. The van der Waals surface area contributed by atoms with Gasteiger partial charge in [0.1, 0.15) is 6.04 Å². The van der Waals surface area contributed by atoms with Crippen LogP contribution in [-0.2, 0) is 16.0 Å². The summed E-state index contributed by atoms with van der Waals surface area (Å²) in [5, 5.41) is 2.51. The number of rotatable bonds is 5. The largest absolute Gasteiger partial charge is 0.368 e. The van der Waals surface area contributed by atoms with Gasteiger partial charge < -0.3 is 11.1 Å². The molecule has 0 radical (unpaired) electrons. The van der Waals surface area contributed by atoms with E-state index in [2.05, 4.69) is 11.2 Å². The molecule has 88 valence electrons. The molecule has 0 aliphatic heterocycles. The van der Waals surface area contributed by atoms with Gasteiger partial charge in [-0.05, 0) is 5.56 Å². The normalized spacial score (nSPS) is 11.2. The number of hydrogen-bond acceptors (Lipinski definition) is 2. The van der Waals surface area contributed by atoms with Crippen molar-refractivity contribution in [2.45, 2.75) is 18.9 Å². The van der Waals surface area contributed by atoms with E-state index in [1.807, 2.05) is 30.3 Å². The second-order valence-electron chi connectivity index (χ2n) is 3.59. The van der Waals surface area contributed by atoms with Crippen LogP contribution in [0.3, 0.4) is 0 Å². The lowest BCUT2D eigenvalue weighted by molar-refractivity contribution is -0.126. The summed E-state index contributed by atoms with van der Waals surface area (Å²) in [7, 11) is 0. The second kappa shape index (κ2) is 6.33. The Morgan fingerprint density at radius 2 is 2.00 bits per heavy atom. The van der Waals surface area contributed by atoms with Crippen molar-refractivity contribution >= 4 is 11.8 Å². The van der Waals surface area contributed by atoms with Crippen molar-refractivity contribution in [2.24, 2.45) is 5.73 Å². The molecule has 1 atom stereocenters. The molecule has 1 rings (SSSR count). The fourth-order valence-electron chi connectivity index (χ4n) is 1.37. The summed E-state index contributed by atoms with van der Waals surface area (Å²) < 4.78 is 0. The van der Waals surface area contributed by atoms with Crippen molar-refractivity contribution in [3.8, 4) is 12.3 Å². The van der Waals surface area contributed by atoms with Crippen LogP contribution in [0.4, 0.5) is 0 Å². The van der Waals surface area contributed by atoms with Gasteiger partial charge in [0.15, 0.2) is 0 Å². The van der Waals surface area contributed by atoms with Gasteiger partial charge in [-0.25, -0.2) is 0 Å². The smallest absolute Gasteiger partial charge is 0.240 e. The van der Waals surface area contributed by atoms with E-state index in [1.54, 1.807) is 0 Å². The zero-order chi connectivity index (χ0) is 12.7. The van der Waals surface area contributed by atoms with Crippen LogP contribution in [-0.4, -0.2) is 17.9 Å². The van der Waals surface area contributed by atoms with Crippen LogP contribution in [0.5, 0.6) is 0 Å². The highest BCUT2D eigenvalue weighted by molar-refractivity contribution is 5.87. The van der Waals surface area contributed by atoms with E-state index in [-0.39, 0.29) is 18.7 Å². The standard InChI is InChI=1S/C13H14N2O2/c1-2-6-11(13(14)17)15-12(16)9-10-7-4-3-5-8-10/h1,3-5,7-8,11H,6,9H2,(H2,14,17)(H,15,16)/t11-/m0/s1. The predicted molar refractivity (Wildman–Crippen MR) is 64.7 cm³/mol. The molecule has 0 heterocycles. The molecule has 2 amide bonds. The zero-order valence-corrected chi connectivity index (χ0v) is 9.35. The van der Waals surface area contributed by atoms with Gasteiger partial charge in [-0.3, -0.25) is 9.59 Å². The van der Waals surface area contributed by atoms with E-state index in [0.29, 0.717) is 0 Å². The summed E-state index contributed by atoms with van der Waals surface area (Å²) in [5.74, 6) is 1.41. The molecule has 0 aromatic heterocycles. The quantitative estimate of drug-likeness (QED) is 0.710. The number of primary amides is 1. The minimum absolute atomic E-state index is 0.107. The maximum absolute atomic E-state index is 11.6. The first kappa shape index (κ1) is 12.8. The van der Waals surface area contributed by atoms with Crippen LogP contribution in [0.25, 0.3) is 0 Å². The first-order valence-electron chi connectivity index (χ1n) is 5.19. The molecule has 0 bridgehead atoms. The predicted octanol–water partition coefficient (Wildman–Crippen LogP) is 0.223. The Hall–Kier alpha value is -2.28. The van der Waals surface area contributed by atoms with Crippen LogP contribution in [0.1, 0.15) is 12.0 Å². The van der Waals surface area contributed by atoms with Gasteiger partial charge in [0.05, 0.1) is 6.42 Å². The molecule has 0 aliphatic rings. The van der Waals surface area contributed by atoms with E-state index in [4.69, 9.17) is 12.2 Å². The minimum atomic E-state index is -0.795. The highest BCUT2D eigenvalue weighted by Gasteiger charge is 2.16. The molecule has 0 saturated carbocycles. The third-order valence-electron chi connectivity index (χ3n) is 2.21. The van der Waals surface area contributed by atoms with Gasteiger partial charge >= 0.3 is 0 Å². The van der Waals surface area contributed by atoms with Gasteiger partial charge in [0.25, 0.3) is 0 Å². The topological polar surface area (TPSA) is 72.2 Å². The van der Waals surface area contributed by atoms with Crippen molar-refractivity contribution in [1.29, 1.82) is 0 Å². The van der Waals surface area contributed by atoms with Crippen LogP contribution >= 0.6 is 0 Å². The van der Waals surface area contributed by atoms with Gasteiger partial charge in [0.2, 0.25) is 11.8 Å². The highest BCUT2D eigenvalue weighted by atomic mass is 16.2. The summed E-state index contributed by atoms with van der Waals surface area (Å²) in [6.45, 7) is 0. The Labute approximate surface area is 100 Å². The third-order valence-corrected chi connectivity index (χ3v) is 2.21. The number of carbonyl (C=O) groups excluding carboxylic acids is 2. The number of terminal acetylenes is 1. The number of nitrogens with two attached hydrogens (primary N) is 1. The molecule has 0 saturated heterocycles. The maximum atomic E-state index is 11.6. The lowest BCUT2D eigenvalue weighted by Gasteiger charge is -2.12. The number of amides is 2. The number of hydrogen-bond donors (Lipinski definition) is 2. The number of nitrogens with one attached hydrogen (secondary N) is 1. The molecule has 0 fully saturated rings. The van der Waals surface area contributed by atoms with Gasteiger partial charge in [-0.15, -0.1) is 12.3 Å². The van der Waals surface area contributed by atoms with E-state index in [1.165, 1.54) is 0 Å². The van der Waals surface area contributed by atoms with E-state index < -0.39 is 11.9 Å². The minimum Gasteiger partial charge on any atom is -0.368 e. The lowest BCUT2D eigenvalue weighted by atomic mass is 10.1. The number of carbonyl (C=O) groups is 2. The summed E-state index contributed by atoms with van der Waals surface area (Å²) in [5.41, 5.74) is 5.98. The SMILES string of the molecule is C#CC[C@H](NC(=O)Cc1ccccc1)C(N)=O. The fourth-order valence-corrected chi connectivity index (χ4v) is 1.37. The average molecular weight is 230 g/mol. The fraction of sp³-hybridized carbons (Fsp3) is 0.231. The Balaban J connectivity index is 2.54. The Morgan fingerprint density at radius 3 is 2.53 bits per heavy atom. The molecule has 4 heteroatoms. The van der Waals surface area contributed by atoms with Crippen molar-refractivity contribution in [3.63, 3.8) is 0 Å². The molecule has 1 aromatic rings.